The van der Waals surface area contributed by atoms with Crippen LogP contribution in [0.3, 0.4) is 0 Å². The fourth-order valence-corrected chi connectivity index (χ4v) is 1.80. The molecule has 2 rings (SSSR count). The minimum absolute atomic E-state index is 0.0987. The van der Waals surface area contributed by atoms with Crippen molar-refractivity contribution in [1.29, 1.82) is 0 Å². The molecular weight excluding hydrogens is 298 g/mol. The molecule has 94 valence electrons. The van der Waals surface area contributed by atoms with E-state index in [9.17, 15) is 5.11 Å². The second kappa shape index (κ2) is 5.27. The van der Waals surface area contributed by atoms with Crippen LogP contribution in [0.15, 0.2) is 35.1 Å². The number of benzene rings is 1. The van der Waals surface area contributed by atoms with Gasteiger partial charge in [0.15, 0.2) is 11.5 Å². The van der Waals surface area contributed by atoms with Gasteiger partial charge in [-0.05, 0) is 34.5 Å². The Balaban J connectivity index is 2.36. The molecule has 0 aliphatic carbocycles. The number of hydrogen-bond acceptors (Lipinski definition) is 4. The number of pyridine rings is 1. The zero-order valence-corrected chi connectivity index (χ0v) is 11.6. The Morgan fingerprint density at radius 3 is 2.61 bits per heavy atom. The highest BCUT2D eigenvalue weighted by Crippen LogP contribution is 2.39. The molecule has 0 spiro atoms. The van der Waals surface area contributed by atoms with Crippen LogP contribution < -0.4 is 9.47 Å². The first kappa shape index (κ1) is 12.7. The molecule has 0 aliphatic rings. The molecule has 18 heavy (non-hydrogen) atoms. The Kier molecular flexibility index (Phi) is 3.72. The van der Waals surface area contributed by atoms with Crippen LogP contribution in [-0.2, 0) is 0 Å². The average Bonchev–Trinajstić information content (AvgIpc) is 2.33. The van der Waals surface area contributed by atoms with Gasteiger partial charge >= 0.3 is 0 Å². The predicted octanol–water partition coefficient (Wildman–Crippen LogP) is 3.66. The second-order valence-corrected chi connectivity index (χ2v) is 4.61. The molecule has 1 aromatic carbocycles. The molecule has 2 aromatic rings. The van der Waals surface area contributed by atoms with Crippen molar-refractivity contribution in [2.45, 2.75) is 6.92 Å². The Labute approximate surface area is 113 Å². The lowest BCUT2D eigenvalue weighted by Crippen LogP contribution is -1.91. The highest BCUT2D eigenvalue weighted by Gasteiger charge is 2.10. The number of aryl methyl sites for hydroxylation is 1. The van der Waals surface area contributed by atoms with Crippen molar-refractivity contribution in [3.05, 3.63) is 40.6 Å². The summed E-state index contributed by atoms with van der Waals surface area (Å²) in [7, 11) is 1.52. The topological polar surface area (TPSA) is 51.6 Å². The number of phenols is 1. The third-order valence-corrected chi connectivity index (χ3v) is 2.95. The number of ether oxygens (including phenoxy) is 2. The van der Waals surface area contributed by atoms with Gasteiger partial charge in [0.1, 0.15) is 11.5 Å². The van der Waals surface area contributed by atoms with Crippen LogP contribution in [0.5, 0.6) is 23.0 Å². The van der Waals surface area contributed by atoms with Crippen LogP contribution in [0.1, 0.15) is 5.56 Å². The Morgan fingerprint density at radius 1 is 1.17 bits per heavy atom. The molecule has 1 aromatic heterocycles. The number of rotatable bonds is 3. The molecule has 1 N–H and O–H groups in total. The molecule has 0 fully saturated rings. The molecule has 0 radical (unpaired) electrons. The van der Waals surface area contributed by atoms with Crippen LogP contribution in [0.25, 0.3) is 0 Å². The zero-order valence-electron chi connectivity index (χ0n) is 9.98. The maximum Gasteiger partial charge on any atom is 0.170 e. The first-order valence-electron chi connectivity index (χ1n) is 5.26. The minimum Gasteiger partial charge on any atom is -0.507 e. The SMILES string of the molecule is COc1cc(O)c(Br)cc1Oc1cncc(C)c1. The van der Waals surface area contributed by atoms with E-state index in [1.165, 1.54) is 13.2 Å². The summed E-state index contributed by atoms with van der Waals surface area (Å²) in [5, 5.41) is 9.57. The molecule has 4 nitrogen and oxygen atoms in total. The Morgan fingerprint density at radius 2 is 1.94 bits per heavy atom. The molecule has 0 saturated carbocycles. The fourth-order valence-electron chi connectivity index (χ4n) is 1.47. The zero-order chi connectivity index (χ0) is 13.1. The first-order valence-corrected chi connectivity index (χ1v) is 6.05. The summed E-state index contributed by atoms with van der Waals surface area (Å²) in [5.74, 6) is 1.68. The van der Waals surface area contributed by atoms with Gasteiger partial charge in [0.2, 0.25) is 0 Å². The molecule has 0 aliphatic heterocycles. The lowest BCUT2D eigenvalue weighted by molar-refractivity contribution is 0.372. The van der Waals surface area contributed by atoms with Crippen molar-refractivity contribution in [1.82, 2.24) is 4.98 Å². The van der Waals surface area contributed by atoms with Crippen molar-refractivity contribution in [2.75, 3.05) is 7.11 Å². The molecule has 0 saturated heterocycles. The van der Waals surface area contributed by atoms with Crippen LogP contribution in [-0.4, -0.2) is 17.2 Å². The number of methoxy groups -OCH3 is 1. The van der Waals surface area contributed by atoms with E-state index in [1.54, 1.807) is 18.5 Å². The maximum atomic E-state index is 9.57. The van der Waals surface area contributed by atoms with Crippen molar-refractivity contribution < 1.29 is 14.6 Å². The smallest absolute Gasteiger partial charge is 0.170 e. The van der Waals surface area contributed by atoms with E-state index in [0.29, 0.717) is 21.7 Å². The van der Waals surface area contributed by atoms with Gasteiger partial charge in [-0.25, -0.2) is 0 Å². The Bertz CT molecular complexity index is 572. The van der Waals surface area contributed by atoms with Crippen molar-refractivity contribution in [3.63, 3.8) is 0 Å². The van der Waals surface area contributed by atoms with E-state index < -0.39 is 0 Å². The summed E-state index contributed by atoms with van der Waals surface area (Å²) in [5.41, 5.74) is 1.00. The van der Waals surface area contributed by atoms with Gasteiger partial charge in [-0.2, -0.15) is 0 Å². The van der Waals surface area contributed by atoms with Gasteiger partial charge in [0.05, 0.1) is 17.8 Å². The van der Waals surface area contributed by atoms with E-state index in [1.807, 2.05) is 13.0 Å². The summed E-state index contributed by atoms with van der Waals surface area (Å²) in [6.07, 6.45) is 3.37. The van der Waals surface area contributed by atoms with E-state index in [-0.39, 0.29) is 5.75 Å². The molecule has 0 atom stereocenters. The predicted molar refractivity (Wildman–Crippen MR) is 71.4 cm³/mol. The number of halogens is 1. The molecule has 1 heterocycles. The van der Waals surface area contributed by atoms with Gasteiger partial charge in [-0.1, -0.05) is 0 Å². The van der Waals surface area contributed by atoms with Crippen LogP contribution >= 0.6 is 15.9 Å². The van der Waals surface area contributed by atoms with E-state index in [0.717, 1.165) is 5.56 Å². The summed E-state index contributed by atoms with van der Waals surface area (Å²) < 4.78 is 11.4. The monoisotopic (exact) mass is 309 g/mol. The summed E-state index contributed by atoms with van der Waals surface area (Å²) in [6, 6.07) is 5.01. The largest absolute Gasteiger partial charge is 0.507 e. The normalized spacial score (nSPS) is 10.2. The standard InChI is InChI=1S/C13H12BrNO3/c1-8-3-9(7-15-6-8)18-13-4-10(14)11(16)5-12(13)17-2/h3-7,16H,1-2H3. The third-order valence-electron chi connectivity index (χ3n) is 2.31. The maximum absolute atomic E-state index is 9.57. The van der Waals surface area contributed by atoms with Crippen molar-refractivity contribution >= 4 is 15.9 Å². The van der Waals surface area contributed by atoms with E-state index in [2.05, 4.69) is 20.9 Å². The second-order valence-electron chi connectivity index (χ2n) is 3.75. The van der Waals surface area contributed by atoms with Gasteiger partial charge in [-0.15, -0.1) is 0 Å². The minimum atomic E-state index is 0.0987. The lowest BCUT2D eigenvalue weighted by Gasteiger charge is -2.11. The molecular formula is C13H12BrNO3. The molecule has 5 heteroatoms. The fraction of sp³-hybridized carbons (Fsp3) is 0.154. The van der Waals surface area contributed by atoms with E-state index >= 15 is 0 Å². The van der Waals surface area contributed by atoms with Gasteiger partial charge in [0.25, 0.3) is 0 Å². The molecule has 0 unspecified atom stereocenters. The van der Waals surface area contributed by atoms with Crippen molar-refractivity contribution in [2.24, 2.45) is 0 Å². The highest BCUT2D eigenvalue weighted by molar-refractivity contribution is 9.10. The van der Waals surface area contributed by atoms with Gasteiger partial charge in [0, 0.05) is 18.3 Å². The first-order chi connectivity index (χ1) is 8.60. The lowest BCUT2D eigenvalue weighted by atomic mass is 10.3. The quantitative estimate of drug-likeness (QED) is 0.940. The third kappa shape index (κ3) is 2.73. The summed E-state index contributed by atoms with van der Waals surface area (Å²) in [6.45, 7) is 1.93. The van der Waals surface area contributed by atoms with E-state index in [4.69, 9.17) is 9.47 Å². The van der Waals surface area contributed by atoms with Crippen LogP contribution in [0, 0.1) is 6.92 Å². The number of aromatic hydroxyl groups is 1. The van der Waals surface area contributed by atoms with Crippen molar-refractivity contribution in [3.8, 4) is 23.0 Å². The van der Waals surface area contributed by atoms with Gasteiger partial charge in [-0.3, -0.25) is 4.98 Å². The number of nitrogens with zero attached hydrogens (tertiary/aromatic N) is 1. The number of aromatic nitrogens is 1. The number of hydrogen-bond donors (Lipinski definition) is 1. The Hall–Kier alpha value is -1.75. The molecule has 0 bridgehead atoms. The average molecular weight is 310 g/mol. The summed E-state index contributed by atoms with van der Waals surface area (Å²) in [4.78, 5) is 4.05. The highest BCUT2D eigenvalue weighted by atomic mass is 79.9. The van der Waals surface area contributed by atoms with Crippen LogP contribution in [0.2, 0.25) is 0 Å². The summed E-state index contributed by atoms with van der Waals surface area (Å²) >= 11 is 3.24. The number of phenolic OH excluding ortho intramolecular Hbond substituents is 1. The van der Waals surface area contributed by atoms with Gasteiger partial charge < -0.3 is 14.6 Å². The van der Waals surface area contributed by atoms with Crippen LogP contribution in [0.4, 0.5) is 0 Å². The molecule has 0 amide bonds.